The van der Waals surface area contributed by atoms with E-state index in [4.69, 9.17) is 15.1 Å². The lowest BCUT2D eigenvalue weighted by atomic mass is 10.2. The molecule has 0 atom stereocenters. The van der Waals surface area contributed by atoms with Crippen LogP contribution in [0.4, 0.5) is 0 Å². The van der Waals surface area contributed by atoms with Gasteiger partial charge in [0.15, 0.2) is 6.61 Å². The van der Waals surface area contributed by atoms with Gasteiger partial charge in [0, 0.05) is 4.47 Å². The van der Waals surface area contributed by atoms with E-state index in [1.807, 2.05) is 0 Å². The van der Waals surface area contributed by atoms with E-state index in [1.165, 1.54) is 12.1 Å². The lowest BCUT2D eigenvalue weighted by Crippen LogP contribution is -2.03. The Bertz CT molecular complexity index is 398. The van der Waals surface area contributed by atoms with E-state index >= 15 is 0 Å². The standard InChI is InChI=1S/C9H6BrNO3/c10-6-1-2-8(14-4-3-11)7(5-6)9(12)13/h1-2,5H,4H2,(H,12,13). The molecule has 72 valence electrons. The van der Waals surface area contributed by atoms with E-state index in [0.29, 0.717) is 4.47 Å². The third-order valence-corrected chi connectivity index (χ3v) is 1.96. The quantitative estimate of drug-likeness (QED) is 0.898. The molecule has 0 heterocycles. The molecule has 0 bridgehead atoms. The first-order valence-electron chi connectivity index (χ1n) is 3.67. The van der Waals surface area contributed by atoms with Crippen LogP contribution >= 0.6 is 15.9 Å². The van der Waals surface area contributed by atoms with E-state index in [-0.39, 0.29) is 17.9 Å². The minimum atomic E-state index is -1.08. The van der Waals surface area contributed by atoms with Crippen molar-refractivity contribution >= 4 is 21.9 Å². The Morgan fingerprint density at radius 1 is 1.64 bits per heavy atom. The maximum Gasteiger partial charge on any atom is 0.339 e. The van der Waals surface area contributed by atoms with E-state index < -0.39 is 5.97 Å². The molecule has 0 unspecified atom stereocenters. The number of rotatable bonds is 3. The normalized spacial score (nSPS) is 9.14. The number of nitrogens with zero attached hydrogens (tertiary/aromatic N) is 1. The second-order valence-corrected chi connectivity index (χ2v) is 3.31. The SMILES string of the molecule is N#CCOc1ccc(Br)cc1C(=O)O. The van der Waals surface area contributed by atoms with Gasteiger partial charge < -0.3 is 9.84 Å². The fourth-order valence-corrected chi connectivity index (χ4v) is 1.27. The molecule has 0 aromatic heterocycles. The number of aromatic carboxylic acids is 1. The van der Waals surface area contributed by atoms with E-state index in [2.05, 4.69) is 15.9 Å². The highest BCUT2D eigenvalue weighted by Gasteiger charge is 2.11. The molecule has 0 radical (unpaired) electrons. The largest absolute Gasteiger partial charge is 0.478 e. The predicted molar refractivity (Wildman–Crippen MR) is 52.2 cm³/mol. The number of carbonyl (C=O) groups is 1. The van der Waals surface area contributed by atoms with Crippen LogP contribution < -0.4 is 4.74 Å². The molecule has 0 fully saturated rings. The van der Waals surface area contributed by atoms with Crippen LogP contribution in [0.2, 0.25) is 0 Å². The van der Waals surface area contributed by atoms with Crippen LogP contribution in [-0.2, 0) is 0 Å². The number of benzene rings is 1. The summed E-state index contributed by atoms with van der Waals surface area (Å²) in [5.41, 5.74) is 0.0367. The fourth-order valence-electron chi connectivity index (χ4n) is 0.905. The summed E-state index contributed by atoms with van der Waals surface area (Å²) in [6.07, 6.45) is 0. The Morgan fingerprint density at radius 2 is 2.36 bits per heavy atom. The number of nitriles is 1. The summed E-state index contributed by atoms with van der Waals surface area (Å²) in [5, 5.41) is 17.1. The Morgan fingerprint density at radius 3 is 2.93 bits per heavy atom. The first kappa shape index (κ1) is 10.5. The second-order valence-electron chi connectivity index (χ2n) is 2.39. The van der Waals surface area contributed by atoms with Crippen LogP contribution in [0.25, 0.3) is 0 Å². The topological polar surface area (TPSA) is 70.3 Å². The molecular weight excluding hydrogens is 250 g/mol. The van der Waals surface area contributed by atoms with Gasteiger partial charge in [0.2, 0.25) is 0 Å². The van der Waals surface area contributed by atoms with Crippen molar-refractivity contribution in [3.8, 4) is 11.8 Å². The van der Waals surface area contributed by atoms with Crippen LogP contribution in [0.3, 0.4) is 0 Å². The zero-order valence-corrected chi connectivity index (χ0v) is 8.61. The maximum absolute atomic E-state index is 10.8. The lowest BCUT2D eigenvalue weighted by Gasteiger charge is -2.05. The summed E-state index contributed by atoms with van der Waals surface area (Å²) in [7, 11) is 0. The molecule has 0 aliphatic carbocycles. The van der Waals surface area contributed by atoms with Gasteiger partial charge in [0.05, 0.1) is 0 Å². The van der Waals surface area contributed by atoms with Crippen LogP contribution in [0, 0.1) is 11.3 Å². The van der Waals surface area contributed by atoms with Gasteiger partial charge in [-0.3, -0.25) is 0 Å². The zero-order valence-electron chi connectivity index (χ0n) is 7.03. The molecule has 0 amide bonds. The lowest BCUT2D eigenvalue weighted by molar-refractivity contribution is 0.0693. The van der Waals surface area contributed by atoms with Gasteiger partial charge in [-0.2, -0.15) is 5.26 Å². The highest BCUT2D eigenvalue weighted by Crippen LogP contribution is 2.23. The minimum absolute atomic E-state index is 0.0367. The van der Waals surface area contributed by atoms with Gasteiger partial charge in [-0.05, 0) is 18.2 Å². The van der Waals surface area contributed by atoms with Crippen molar-refractivity contribution in [2.75, 3.05) is 6.61 Å². The van der Waals surface area contributed by atoms with Crippen LogP contribution in [0.15, 0.2) is 22.7 Å². The summed E-state index contributed by atoms with van der Waals surface area (Å²) in [4.78, 5) is 10.8. The minimum Gasteiger partial charge on any atom is -0.478 e. The smallest absolute Gasteiger partial charge is 0.339 e. The second kappa shape index (κ2) is 4.63. The molecule has 1 aromatic rings. The molecule has 0 saturated heterocycles. The molecule has 1 N–H and O–H groups in total. The Hall–Kier alpha value is -1.54. The molecule has 1 rings (SSSR count). The highest BCUT2D eigenvalue weighted by molar-refractivity contribution is 9.10. The van der Waals surface area contributed by atoms with Crippen molar-refractivity contribution < 1.29 is 14.6 Å². The number of carboxylic acid groups (broad SMARTS) is 1. The Labute approximate surface area is 88.9 Å². The summed E-state index contributed by atoms with van der Waals surface area (Å²) in [6.45, 7) is -0.165. The number of halogens is 1. The van der Waals surface area contributed by atoms with Crippen molar-refractivity contribution in [3.05, 3.63) is 28.2 Å². The molecule has 0 aliphatic heterocycles. The Kier molecular flexibility index (Phi) is 3.48. The monoisotopic (exact) mass is 255 g/mol. The fraction of sp³-hybridized carbons (Fsp3) is 0.111. The number of hydrogen-bond donors (Lipinski definition) is 1. The molecule has 5 heteroatoms. The van der Waals surface area contributed by atoms with Crippen molar-refractivity contribution in [1.29, 1.82) is 5.26 Å². The third-order valence-electron chi connectivity index (χ3n) is 1.46. The van der Waals surface area contributed by atoms with Crippen LogP contribution in [0.1, 0.15) is 10.4 Å². The van der Waals surface area contributed by atoms with Gasteiger partial charge in [0.1, 0.15) is 17.4 Å². The average molecular weight is 256 g/mol. The summed E-state index contributed by atoms with van der Waals surface area (Å²) in [5.74, 6) is -0.888. The summed E-state index contributed by atoms with van der Waals surface area (Å²) in [6, 6.07) is 6.35. The third kappa shape index (κ3) is 2.47. The van der Waals surface area contributed by atoms with Crippen molar-refractivity contribution in [1.82, 2.24) is 0 Å². The molecule has 1 aromatic carbocycles. The first-order chi connectivity index (χ1) is 6.65. The van der Waals surface area contributed by atoms with Gasteiger partial charge in [-0.25, -0.2) is 4.79 Å². The summed E-state index contributed by atoms with van der Waals surface area (Å²) < 4.78 is 5.59. The van der Waals surface area contributed by atoms with Gasteiger partial charge in [-0.1, -0.05) is 15.9 Å². The van der Waals surface area contributed by atoms with Crippen molar-refractivity contribution in [3.63, 3.8) is 0 Å². The van der Waals surface area contributed by atoms with Gasteiger partial charge >= 0.3 is 5.97 Å². The first-order valence-corrected chi connectivity index (χ1v) is 4.47. The molecule has 14 heavy (non-hydrogen) atoms. The average Bonchev–Trinajstić information content (AvgIpc) is 2.15. The van der Waals surface area contributed by atoms with E-state index in [0.717, 1.165) is 0 Å². The molecule has 0 aliphatic rings. The summed E-state index contributed by atoms with van der Waals surface area (Å²) >= 11 is 3.15. The van der Waals surface area contributed by atoms with Crippen LogP contribution in [0.5, 0.6) is 5.75 Å². The molecule has 0 saturated carbocycles. The molecule has 0 spiro atoms. The number of carboxylic acids is 1. The van der Waals surface area contributed by atoms with Crippen molar-refractivity contribution in [2.24, 2.45) is 0 Å². The highest BCUT2D eigenvalue weighted by atomic mass is 79.9. The zero-order chi connectivity index (χ0) is 10.6. The van der Waals surface area contributed by atoms with Gasteiger partial charge in [0.25, 0.3) is 0 Å². The number of ether oxygens (including phenoxy) is 1. The molecular formula is C9H6BrNO3. The van der Waals surface area contributed by atoms with E-state index in [9.17, 15) is 4.79 Å². The van der Waals surface area contributed by atoms with Crippen molar-refractivity contribution in [2.45, 2.75) is 0 Å². The number of hydrogen-bond acceptors (Lipinski definition) is 3. The predicted octanol–water partition coefficient (Wildman–Crippen LogP) is 2.05. The Balaban J connectivity index is 3.03. The van der Waals surface area contributed by atoms with Gasteiger partial charge in [-0.15, -0.1) is 0 Å². The van der Waals surface area contributed by atoms with Crippen LogP contribution in [-0.4, -0.2) is 17.7 Å². The van der Waals surface area contributed by atoms with E-state index in [1.54, 1.807) is 12.1 Å². The molecule has 4 nitrogen and oxygen atoms in total. The maximum atomic E-state index is 10.8.